The van der Waals surface area contributed by atoms with Crippen molar-refractivity contribution < 1.29 is 23.5 Å². The number of aryl methyl sites for hydroxylation is 1. The SMILES string of the molecule is Cc1ccc2c(=O)c(OC(C)C(=O)[O-])c(-c3ccco3)oc2c1. The molecule has 6 nitrogen and oxygen atoms in total. The highest BCUT2D eigenvalue weighted by Gasteiger charge is 2.21. The van der Waals surface area contributed by atoms with Crippen molar-refractivity contribution in [1.82, 2.24) is 0 Å². The molecule has 2 heterocycles. The fourth-order valence-electron chi connectivity index (χ4n) is 2.19. The van der Waals surface area contributed by atoms with Crippen LogP contribution in [-0.4, -0.2) is 12.1 Å². The van der Waals surface area contributed by atoms with Crippen LogP contribution >= 0.6 is 0 Å². The number of carbonyl (C=O) groups is 1. The lowest BCUT2D eigenvalue weighted by Crippen LogP contribution is -2.38. The van der Waals surface area contributed by atoms with Gasteiger partial charge in [0.05, 0.1) is 17.6 Å². The lowest BCUT2D eigenvalue weighted by molar-refractivity contribution is -0.312. The van der Waals surface area contributed by atoms with Crippen molar-refractivity contribution in [2.45, 2.75) is 20.0 Å². The summed E-state index contributed by atoms with van der Waals surface area (Å²) >= 11 is 0. The molecule has 3 rings (SSSR count). The van der Waals surface area contributed by atoms with E-state index in [0.29, 0.717) is 11.0 Å². The van der Waals surface area contributed by atoms with E-state index in [1.54, 1.807) is 30.3 Å². The van der Waals surface area contributed by atoms with Gasteiger partial charge in [-0.25, -0.2) is 0 Å². The molecule has 1 atom stereocenters. The molecule has 1 unspecified atom stereocenters. The minimum atomic E-state index is -1.43. The van der Waals surface area contributed by atoms with Crippen molar-refractivity contribution in [2.24, 2.45) is 0 Å². The number of carboxylic acid groups (broad SMARTS) is 1. The maximum absolute atomic E-state index is 12.7. The quantitative estimate of drug-likeness (QED) is 0.730. The van der Waals surface area contributed by atoms with Crippen molar-refractivity contribution in [3.8, 4) is 17.3 Å². The van der Waals surface area contributed by atoms with Crippen molar-refractivity contribution in [1.29, 1.82) is 0 Å². The van der Waals surface area contributed by atoms with Crippen molar-refractivity contribution >= 4 is 16.9 Å². The molecule has 0 radical (unpaired) electrons. The van der Waals surface area contributed by atoms with Gasteiger partial charge < -0.3 is 23.5 Å². The summed E-state index contributed by atoms with van der Waals surface area (Å²) in [5, 5.41) is 11.2. The second-order valence-corrected chi connectivity index (χ2v) is 5.15. The van der Waals surface area contributed by atoms with Crippen LogP contribution in [-0.2, 0) is 4.79 Å². The van der Waals surface area contributed by atoms with Crippen molar-refractivity contribution in [2.75, 3.05) is 0 Å². The zero-order valence-electron chi connectivity index (χ0n) is 12.5. The van der Waals surface area contributed by atoms with E-state index in [1.807, 2.05) is 6.92 Å². The van der Waals surface area contributed by atoms with E-state index in [9.17, 15) is 14.7 Å². The number of carboxylic acids is 1. The Bertz CT molecular complexity index is 920. The van der Waals surface area contributed by atoms with E-state index < -0.39 is 17.5 Å². The normalized spacial score (nSPS) is 12.3. The average molecular weight is 313 g/mol. The molecule has 0 fully saturated rings. The molecule has 0 aliphatic rings. The number of aliphatic carboxylic acids is 1. The smallest absolute Gasteiger partial charge is 0.235 e. The Labute approximate surface area is 130 Å². The molecule has 0 spiro atoms. The average Bonchev–Trinajstić information content (AvgIpc) is 3.03. The summed E-state index contributed by atoms with van der Waals surface area (Å²) in [7, 11) is 0. The van der Waals surface area contributed by atoms with Crippen LogP contribution < -0.4 is 15.3 Å². The van der Waals surface area contributed by atoms with Crippen LogP contribution in [0, 0.1) is 6.92 Å². The number of ether oxygens (including phenoxy) is 1. The molecule has 0 saturated carbocycles. The van der Waals surface area contributed by atoms with Gasteiger partial charge in [-0.1, -0.05) is 6.07 Å². The molecule has 3 aromatic rings. The van der Waals surface area contributed by atoms with Gasteiger partial charge in [0.15, 0.2) is 5.76 Å². The molecule has 1 aromatic carbocycles. The minimum Gasteiger partial charge on any atom is -0.546 e. The van der Waals surface area contributed by atoms with Crippen molar-refractivity contribution in [3.05, 3.63) is 52.4 Å². The van der Waals surface area contributed by atoms with Crippen LogP contribution in [0.5, 0.6) is 5.75 Å². The number of carbonyl (C=O) groups excluding carboxylic acids is 1. The summed E-state index contributed by atoms with van der Waals surface area (Å²) in [4.78, 5) is 23.6. The van der Waals surface area contributed by atoms with Gasteiger partial charge in [-0.3, -0.25) is 4.79 Å². The van der Waals surface area contributed by atoms with Gasteiger partial charge in [-0.05, 0) is 43.7 Å². The first-order valence-electron chi connectivity index (χ1n) is 6.96. The molecule has 0 aliphatic heterocycles. The molecular formula is C17H13O6-. The highest BCUT2D eigenvalue weighted by atomic mass is 16.5. The number of hydrogen-bond donors (Lipinski definition) is 0. The third-order valence-corrected chi connectivity index (χ3v) is 3.38. The van der Waals surface area contributed by atoms with Crippen LogP contribution in [0.4, 0.5) is 0 Å². The predicted molar refractivity (Wildman–Crippen MR) is 80.0 cm³/mol. The Morgan fingerprint density at radius 2 is 2.09 bits per heavy atom. The second kappa shape index (κ2) is 5.64. The van der Waals surface area contributed by atoms with Crippen LogP contribution in [0.2, 0.25) is 0 Å². The molecule has 0 aliphatic carbocycles. The largest absolute Gasteiger partial charge is 0.546 e. The van der Waals surface area contributed by atoms with E-state index in [-0.39, 0.29) is 17.3 Å². The monoisotopic (exact) mass is 313 g/mol. The maximum Gasteiger partial charge on any atom is 0.235 e. The van der Waals surface area contributed by atoms with Gasteiger partial charge in [-0.15, -0.1) is 0 Å². The zero-order valence-corrected chi connectivity index (χ0v) is 12.5. The molecule has 0 amide bonds. The molecule has 23 heavy (non-hydrogen) atoms. The zero-order chi connectivity index (χ0) is 16.6. The topological polar surface area (TPSA) is 92.7 Å². The van der Waals surface area contributed by atoms with Crippen LogP contribution in [0.1, 0.15) is 12.5 Å². The predicted octanol–water partition coefficient (Wildman–Crippen LogP) is 1.88. The Morgan fingerprint density at radius 3 is 2.74 bits per heavy atom. The number of furan rings is 1. The van der Waals surface area contributed by atoms with E-state index in [0.717, 1.165) is 5.56 Å². The summed E-state index contributed by atoms with van der Waals surface area (Å²) < 4.78 is 16.3. The summed E-state index contributed by atoms with van der Waals surface area (Å²) in [6, 6.07) is 8.31. The fourth-order valence-corrected chi connectivity index (χ4v) is 2.19. The number of fused-ring (bicyclic) bond motifs is 1. The van der Waals surface area contributed by atoms with Crippen LogP contribution in [0.25, 0.3) is 22.5 Å². The first kappa shape index (κ1) is 14.9. The Hall–Kier alpha value is -3.02. The van der Waals surface area contributed by atoms with E-state index >= 15 is 0 Å². The Morgan fingerprint density at radius 1 is 1.30 bits per heavy atom. The van der Waals surface area contributed by atoms with Gasteiger partial charge in [0.25, 0.3) is 0 Å². The van der Waals surface area contributed by atoms with Crippen LogP contribution in [0.3, 0.4) is 0 Å². The summed E-state index contributed by atoms with van der Waals surface area (Å²) in [5.74, 6) is -1.33. The van der Waals surface area contributed by atoms with E-state index in [1.165, 1.54) is 13.2 Å². The highest BCUT2D eigenvalue weighted by Crippen LogP contribution is 2.31. The number of benzene rings is 1. The fraction of sp³-hybridized carbons (Fsp3) is 0.176. The van der Waals surface area contributed by atoms with Gasteiger partial charge in [0, 0.05) is 0 Å². The molecular weight excluding hydrogens is 300 g/mol. The minimum absolute atomic E-state index is 0.0474. The number of rotatable bonds is 4. The molecule has 2 aromatic heterocycles. The van der Waals surface area contributed by atoms with Gasteiger partial charge in [-0.2, -0.15) is 0 Å². The summed E-state index contributed by atoms with van der Waals surface area (Å²) in [6.45, 7) is 3.15. The second-order valence-electron chi connectivity index (χ2n) is 5.15. The van der Waals surface area contributed by atoms with Gasteiger partial charge in [0.2, 0.25) is 16.9 Å². The molecule has 6 heteroatoms. The van der Waals surface area contributed by atoms with Gasteiger partial charge >= 0.3 is 0 Å². The Balaban J connectivity index is 2.28. The molecule has 0 N–H and O–H groups in total. The lowest BCUT2D eigenvalue weighted by atomic mass is 10.1. The van der Waals surface area contributed by atoms with E-state index in [2.05, 4.69) is 0 Å². The summed E-state index contributed by atoms with van der Waals surface area (Å²) in [5.41, 5.74) is 0.823. The first-order valence-corrected chi connectivity index (χ1v) is 6.96. The van der Waals surface area contributed by atoms with Crippen LogP contribution in [0.15, 0.2) is 50.2 Å². The third-order valence-electron chi connectivity index (χ3n) is 3.38. The number of hydrogen-bond acceptors (Lipinski definition) is 6. The molecule has 0 bridgehead atoms. The highest BCUT2D eigenvalue weighted by molar-refractivity contribution is 5.82. The van der Waals surface area contributed by atoms with E-state index in [4.69, 9.17) is 13.6 Å². The summed E-state index contributed by atoms with van der Waals surface area (Å²) in [6.07, 6.45) is 0.108. The van der Waals surface area contributed by atoms with Gasteiger partial charge in [0.1, 0.15) is 11.7 Å². The third kappa shape index (κ3) is 2.70. The first-order chi connectivity index (χ1) is 11.0. The maximum atomic E-state index is 12.7. The lowest BCUT2D eigenvalue weighted by Gasteiger charge is -2.16. The van der Waals surface area contributed by atoms with Crippen molar-refractivity contribution in [3.63, 3.8) is 0 Å². The Kier molecular flexibility index (Phi) is 3.65. The standard InChI is InChI=1S/C17H14O6/c1-9-5-6-11-13(8-9)23-15(12-4-3-7-21-12)16(14(11)18)22-10(2)17(19)20/h3-8,10H,1-2H3,(H,19,20)/p-1. The molecule has 0 saturated heterocycles. The molecule has 118 valence electrons.